The van der Waals surface area contributed by atoms with E-state index < -0.39 is 5.41 Å². The Morgan fingerprint density at radius 3 is 1.52 bits per heavy atom. The molecule has 14 rings (SSSR count). The first-order chi connectivity index (χ1) is 33.2. The fourth-order valence-corrected chi connectivity index (χ4v) is 11.5. The molecule has 1 atom stereocenters. The summed E-state index contributed by atoms with van der Waals surface area (Å²) in [4.78, 5) is 2.43. The summed E-state index contributed by atoms with van der Waals surface area (Å²) < 4.78 is 6.19. The van der Waals surface area contributed by atoms with Crippen LogP contribution in [0.15, 0.2) is 253 Å². The average Bonchev–Trinajstić information content (AvgIpc) is 4.03. The van der Waals surface area contributed by atoms with Crippen molar-refractivity contribution in [2.75, 3.05) is 4.90 Å². The summed E-state index contributed by atoms with van der Waals surface area (Å²) in [6.07, 6.45) is 0. The zero-order chi connectivity index (χ0) is 44.1. The van der Waals surface area contributed by atoms with Gasteiger partial charge in [-0.15, -0.1) is 0 Å². The van der Waals surface area contributed by atoms with Crippen LogP contribution in [0.4, 0.5) is 17.1 Å². The SMILES string of the molecule is c1ccc(-c2ccc3c(c2)C2(c4ccccc4-3)c3ccccc3-c3ccc(N(c4ccc(-c5ccc6oc7ccccc7c6c5)cc4)c4ccc(-c5cccc6ccccc56)cc4)cc32)cc1. The number of hydrogen-bond donors (Lipinski definition) is 0. The number of anilines is 3. The first kappa shape index (κ1) is 37.6. The highest BCUT2D eigenvalue weighted by Gasteiger charge is 2.52. The second-order valence-electron chi connectivity index (χ2n) is 18.0. The van der Waals surface area contributed by atoms with E-state index in [2.05, 4.69) is 241 Å². The minimum absolute atomic E-state index is 0.512. The summed E-state index contributed by atoms with van der Waals surface area (Å²) in [5, 5.41) is 4.76. The Kier molecular flexibility index (Phi) is 8.23. The fraction of sp³-hybridized carbons (Fsp3) is 0.0154. The summed E-state index contributed by atoms with van der Waals surface area (Å²) in [6.45, 7) is 0. The zero-order valence-electron chi connectivity index (χ0n) is 36.5. The van der Waals surface area contributed by atoms with E-state index in [1.54, 1.807) is 0 Å². The second kappa shape index (κ2) is 14.7. The first-order valence-corrected chi connectivity index (χ1v) is 23.2. The number of furan rings is 1. The number of fused-ring (bicyclic) bond motifs is 14. The smallest absolute Gasteiger partial charge is 0.135 e. The van der Waals surface area contributed by atoms with Crippen molar-refractivity contribution < 1.29 is 4.42 Å². The van der Waals surface area contributed by atoms with Crippen LogP contribution in [0.5, 0.6) is 0 Å². The Labute approximate surface area is 389 Å². The highest BCUT2D eigenvalue weighted by molar-refractivity contribution is 6.06. The predicted octanol–water partition coefficient (Wildman–Crippen LogP) is 17.6. The molecule has 0 amide bonds. The van der Waals surface area contributed by atoms with Gasteiger partial charge in [-0.2, -0.15) is 0 Å². The van der Waals surface area contributed by atoms with Gasteiger partial charge in [0.2, 0.25) is 0 Å². The summed E-state index contributed by atoms with van der Waals surface area (Å²) >= 11 is 0. The zero-order valence-corrected chi connectivity index (χ0v) is 36.5. The van der Waals surface area contributed by atoms with Crippen molar-refractivity contribution in [3.8, 4) is 55.6 Å². The third-order valence-corrected chi connectivity index (χ3v) is 14.5. The average molecular weight is 852 g/mol. The standard InChI is InChI=1S/C65H41NO/c1-2-13-42(14-3-1)47-29-36-55-53-18-6-9-22-59(53)65(61(55)40-47)60-23-10-7-19-54(60)56-37-35-50(41-62(56)65)66(49-33-27-45(28-34-49)52-21-12-16-44-15-4-5-17-51(44)52)48-31-25-43(26-32-48)46-30-38-64-58(39-46)57-20-8-11-24-63(57)67-64/h1-41H. The Bertz CT molecular complexity index is 3900. The maximum absolute atomic E-state index is 6.19. The molecule has 1 aromatic heterocycles. The Hall–Kier alpha value is -8.72. The van der Waals surface area contributed by atoms with Crippen LogP contribution in [-0.2, 0) is 5.41 Å². The van der Waals surface area contributed by atoms with E-state index >= 15 is 0 Å². The molecular formula is C65H41NO. The number of para-hydroxylation sites is 1. The molecule has 0 N–H and O–H groups in total. The number of nitrogens with zero attached hydrogens (tertiary/aromatic N) is 1. The van der Waals surface area contributed by atoms with Gasteiger partial charge in [0.25, 0.3) is 0 Å². The van der Waals surface area contributed by atoms with Gasteiger partial charge in [-0.1, -0.05) is 188 Å². The molecule has 11 aromatic carbocycles. The van der Waals surface area contributed by atoms with E-state index in [9.17, 15) is 0 Å². The molecule has 67 heavy (non-hydrogen) atoms. The van der Waals surface area contributed by atoms with Crippen molar-refractivity contribution in [1.82, 2.24) is 0 Å². The van der Waals surface area contributed by atoms with E-state index in [0.717, 1.165) is 50.1 Å². The largest absolute Gasteiger partial charge is 0.456 e. The normalized spacial score (nSPS) is 14.3. The Morgan fingerprint density at radius 2 is 0.761 bits per heavy atom. The monoisotopic (exact) mass is 851 g/mol. The van der Waals surface area contributed by atoms with Crippen LogP contribution in [0, 0.1) is 0 Å². The third-order valence-electron chi connectivity index (χ3n) is 14.5. The molecule has 0 saturated heterocycles. The van der Waals surface area contributed by atoms with Crippen LogP contribution in [0.2, 0.25) is 0 Å². The molecule has 2 nitrogen and oxygen atoms in total. The van der Waals surface area contributed by atoms with Crippen molar-refractivity contribution in [3.63, 3.8) is 0 Å². The van der Waals surface area contributed by atoms with Gasteiger partial charge in [0.15, 0.2) is 0 Å². The second-order valence-corrected chi connectivity index (χ2v) is 18.0. The minimum atomic E-state index is -0.512. The molecular weight excluding hydrogens is 811 g/mol. The highest BCUT2D eigenvalue weighted by Crippen LogP contribution is 2.63. The van der Waals surface area contributed by atoms with Gasteiger partial charge in [0.1, 0.15) is 11.2 Å². The lowest BCUT2D eigenvalue weighted by atomic mass is 9.70. The molecule has 1 spiro atoms. The van der Waals surface area contributed by atoms with E-state index in [0.29, 0.717) is 0 Å². The van der Waals surface area contributed by atoms with Gasteiger partial charge in [-0.25, -0.2) is 0 Å². The number of benzene rings is 11. The lowest BCUT2D eigenvalue weighted by Crippen LogP contribution is -2.26. The summed E-state index contributed by atoms with van der Waals surface area (Å²) in [5.74, 6) is 0. The van der Waals surface area contributed by atoms with Crippen molar-refractivity contribution in [2.24, 2.45) is 0 Å². The van der Waals surface area contributed by atoms with Gasteiger partial charge < -0.3 is 9.32 Å². The van der Waals surface area contributed by atoms with E-state index in [4.69, 9.17) is 4.42 Å². The lowest BCUT2D eigenvalue weighted by molar-refractivity contribution is 0.669. The van der Waals surface area contributed by atoms with Crippen LogP contribution in [0.1, 0.15) is 22.3 Å². The fourth-order valence-electron chi connectivity index (χ4n) is 11.5. The van der Waals surface area contributed by atoms with Crippen molar-refractivity contribution >= 4 is 49.8 Å². The van der Waals surface area contributed by atoms with Crippen LogP contribution >= 0.6 is 0 Å². The van der Waals surface area contributed by atoms with Gasteiger partial charge in [0.05, 0.1) is 5.41 Å². The molecule has 2 aliphatic rings. The maximum atomic E-state index is 6.19. The van der Waals surface area contributed by atoms with Gasteiger partial charge in [0, 0.05) is 27.8 Å². The highest BCUT2D eigenvalue weighted by atomic mass is 16.3. The van der Waals surface area contributed by atoms with E-state index in [-0.39, 0.29) is 0 Å². The summed E-state index contributed by atoms with van der Waals surface area (Å²) in [7, 11) is 0. The molecule has 2 heteroatoms. The Morgan fingerprint density at radius 1 is 0.269 bits per heavy atom. The number of rotatable bonds is 6. The van der Waals surface area contributed by atoms with Gasteiger partial charge in [-0.3, -0.25) is 0 Å². The van der Waals surface area contributed by atoms with E-state index in [1.807, 2.05) is 12.1 Å². The molecule has 0 fully saturated rings. The quantitative estimate of drug-likeness (QED) is 0.166. The van der Waals surface area contributed by atoms with Crippen LogP contribution in [0.25, 0.3) is 88.3 Å². The summed E-state index contributed by atoms with van der Waals surface area (Å²) in [6, 6.07) is 91.5. The molecule has 0 saturated carbocycles. The summed E-state index contributed by atoms with van der Waals surface area (Å²) in [5.41, 5.74) is 22.2. The predicted molar refractivity (Wildman–Crippen MR) is 279 cm³/mol. The minimum Gasteiger partial charge on any atom is -0.456 e. The molecule has 0 bridgehead atoms. The molecule has 312 valence electrons. The molecule has 1 heterocycles. The number of hydrogen-bond acceptors (Lipinski definition) is 2. The maximum Gasteiger partial charge on any atom is 0.135 e. The van der Waals surface area contributed by atoms with E-state index in [1.165, 1.54) is 77.5 Å². The third kappa shape index (κ3) is 5.63. The van der Waals surface area contributed by atoms with Crippen LogP contribution < -0.4 is 4.90 Å². The molecule has 0 aliphatic heterocycles. The van der Waals surface area contributed by atoms with Crippen molar-refractivity contribution in [3.05, 3.63) is 271 Å². The van der Waals surface area contributed by atoms with Gasteiger partial charge >= 0.3 is 0 Å². The molecule has 1 unspecified atom stereocenters. The van der Waals surface area contributed by atoms with Crippen molar-refractivity contribution in [2.45, 2.75) is 5.41 Å². The Balaban J connectivity index is 0.957. The molecule has 12 aromatic rings. The van der Waals surface area contributed by atoms with Crippen LogP contribution in [0.3, 0.4) is 0 Å². The molecule has 2 aliphatic carbocycles. The topological polar surface area (TPSA) is 16.4 Å². The van der Waals surface area contributed by atoms with Crippen molar-refractivity contribution in [1.29, 1.82) is 0 Å². The molecule has 0 radical (unpaired) electrons. The van der Waals surface area contributed by atoms with Crippen LogP contribution in [-0.4, -0.2) is 0 Å². The van der Waals surface area contributed by atoms with Gasteiger partial charge in [-0.05, 0) is 149 Å². The first-order valence-electron chi connectivity index (χ1n) is 23.2. The lowest BCUT2D eigenvalue weighted by Gasteiger charge is -2.32.